The SMILES string of the molecule is C/C=C(/C)c1c(NC)ccc(NC)c1NC. The maximum Gasteiger partial charge on any atom is 0.0670 e. The molecular weight excluding hydrogens is 198 g/mol. The Bertz CT molecular complexity index is 394. The predicted octanol–water partition coefficient (Wildman–Crippen LogP) is 3.23. The molecule has 0 radical (unpaired) electrons. The lowest BCUT2D eigenvalue weighted by atomic mass is 10.0. The summed E-state index contributed by atoms with van der Waals surface area (Å²) in [6.45, 7) is 4.18. The summed E-state index contributed by atoms with van der Waals surface area (Å²) in [5.41, 5.74) is 5.85. The van der Waals surface area contributed by atoms with Gasteiger partial charge in [0.2, 0.25) is 0 Å². The van der Waals surface area contributed by atoms with Crippen molar-refractivity contribution in [2.24, 2.45) is 0 Å². The smallest absolute Gasteiger partial charge is 0.0670 e. The van der Waals surface area contributed by atoms with Crippen molar-refractivity contribution in [3.8, 4) is 0 Å². The zero-order valence-electron chi connectivity index (χ0n) is 10.7. The van der Waals surface area contributed by atoms with Crippen LogP contribution in [-0.4, -0.2) is 21.1 Å². The minimum atomic E-state index is 1.11. The molecule has 1 aromatic rings. The number of rotatable bonds is 4. The zero-order valence-corrected chi connectivity index (χ0v) is 10.7. The topological polar surface area (TPSA) is 36.1 Å². The molecular formula is C13H21N3. The maximum atomic E-state index is 3.26. The molecule has 1 rings (SSSR count). The second-order valence-corrected chi connectivity index (χ2v) is 3.63. The van der Waals surface area contributed by atoms with E-state index in [9.17, 15) is 0 Å². The molecule has 3 heteroatoms. The monoisotopic (exact) mass is 219 g/mol. The fourth-order valence-corrected chi connectivity index (χ4v) is 1.83. The molecule has 3 nitrogen and oxygen atoms in total. The molecule has 0 saturated heterocycles. The van der Waals surface area contributed by atoms with E-state index >= 15 is 0 Å². The molecule has 0 aliphatic rings. The van der Waals surface area contributed by atoms with Crippen molar-refractivity contribution in [1.82, 2.24) is 0 Å². The largest absolute Gasteiger partial charge is 0.388 e. The third kappa shape index (κ3) is 2.13. The van der Waals surface area contributed by atoms with Gasteiger partial charge in [-0.1, -0.05) is 6.08 Å². The summed E-state index contributed by atoms with van der Waals surface area (Å²) in [5.74, 6) is 0. The Morgan fingerprint density at radius 2 is 1.56 bits per heavy atom. The summed E-state index contributed by atoms with van der Waals surface area (Å²) in [6, 6.07) is 4.17. The molecule has 0 aliphatic carbocycles. The number of nitrogens with one attached hydrogen (secondary N) is 3. The average Bonchev–Trinajstić information content (AvgIpc) is 2.35. The van der Waals surface area contributed by atoms with Crippen LogP contribution in [0.15, 0.2) is 18.2 Å². The first-order valence-electron chi connectivity index (χ1n) is 5.53. The Morgan fingerprint density at radius 3 is 2.00 bits per heavy atom. The van der Waals surface area contributed by atoms with E-state index in [1.165, 1.54) is 11.1 Å². The fourth-order valence-electron chi connectivity index (χ4n) is 1.83. The van der Waals surface area contributed by atoms with Gasteiger partial charge in [0.25, 0.3) is 0 Å². The van der Waals surface area contributed by atoms with Gasteiger partial charge < -0.3 is 16.0 Å². The number of hydrogen-bond acceptors (Lipinski definition) is 3. The van der Waals surface area contributed by atoms with E-state index in [1.807, 2.05) is 21.1 Å². The number of benzene rings is 1. The van der Waals surface area contributed by atoms with Crippen molar-refractivity contribution in [1.29, 1.82) is 0 Å². The van der Waals surface area contributed by atoms with Crippen LogP contribution in [0, 0.1) is 0 Å². The third-order valence-corrected chi connectivity index (χ3v) is 2.82. The number of allylic oxidation sites excluding steroid dienone is 2. The Kier molecular flexibility index (Phi) is 4.23. The molecule has 3 N–H and O–H groups in total. The van der Waals surface area contributed by atoms with Gasteiger partial charge in [-0.05, 0) is 31.6 Å². The van der Waals surface area contributed by atoms with Gasteiger partial charge in [-0.3, -0.25) is 0 Å². The second kappa shape index (κ2) is 5.45. The lowest BCUT2D eigenvalue weighted by molar-refractivity contribution is 1.39. The van der Waals surface area contributed by atoms with Crippen LogP contribution in [0.2, 0.25) is 0 Å². The van der Waals surface area contributed by atoms with Gasteiger partial charge in [0.05, 0.1) is 11.4 Å². The van der Waals surface area contributed by atoms with Crippen LogP contribution >= 0.6 is 0 Å². The zero-order chi connectivity index (χ0) is 12.1. The van der Waals surface area contributed by atoms with Gasteiger partial charge in [0.15, 0.2) is 0 Å². The van der Waals surface area contributed by atoms with E-state index < -0.39 is 0 Å². The van der Waals surface area contributed by atoms with Crippen molar-refractivity contribution in [2.45, 2.75) is 13.8 Å². The molecule has 0 heterocycles. The van der Waals surface area contributed by atoms with Crippen LogP contribution < -0.4 is 16.0 Å². The quantitative estimate of drug-likeness (QED) is 0.727. The molecule has 0 saturated carbocycles. The first-order valence-corrected chi connectivity index (χ1v) is 5.53. The van der Waals surface area contributed by atoms with Crippen LogP contribution in [0.5, 0.6) is 0 Å². The summed E-state index contributed by atoms with van der Waals surface area (Å²) in [4.78, 5) is 0. The van der Waals surface area contributed by atoms with Gasteiger partial charge in [-0.15, -0.1) is 0 Å². The van der Waals surface area contributed by atoms with Gasteiger partial charge in [-0.25, -0.2) is 0 Å². The van der Waals surface area contributed by atoms with Crippen molar-refractivity contribution in [2.75, 3.05) is 37.1 Å². The van der Waals surface area contributed by atoms with E-state index in [2.05, 4.69) is 48.0 Å². The summed E-state index contributed by atoms with van der Waals surface area (Å²) in [5, 5.41) is 9.69. The lowest BCUT2D eigenvalue weighted by Crippen LogP contribution is -2.03. The molecule has 0 aromatic heterocycles. The van der Waals surface area contributed by atoms with Crippen molar-refractivity contribution >= 4 is 22.6 Å². The van der Waals surface area contributed by atoms with Crippen LogP contribution in [0.25, 0.3) is 5.57 Å². The van der Waals surface area contributed by atoms with E-state index in [4.69, 9.17) is 0 Å². The minimum absolute atomic E-state index is 1.11. The highest BCUT2D eigenvalue weighted by molar-refractivity contribution is 5.91. The van der Waals surface area contributed by atoms with Crippen molar-refractivity contribution in [3.63, 3.8) is 0 Å². The van der Waals surface area contributed by atoms with Gasteiger partial charge >= 0.3 is 0 Å². The molecule has 0 fully saturated rings. The molecule has 0 bridgehead atoms. The fraction of sp³-hybridized carbons (Fsp3) is 0.385. The average molecular weight is 219 g/mol. The van der Waals surface area contributed by atoms with Crippen molar-refractivity contribution < 1.29 is 0 Å². The Morgan fingerprint density at radius 1 is 1.00 bits per heavy atom. The Balaban J connectivity index is 3.49. The molecule has 88 valence electrons. The van der Waals surface area contributed by atoms with Gasteiger partial charge in [0.1, 0.15) is 0 Å². The summed E-state index contributed by atoms with van der Waals surface area (Å²) in [7, 11) is 5.83. The first kappa shape index (κ1) is 12.4. The summed E-state index contributed by atoms with van der Waals surface area (Å²) >= 11 is 0. The molecule has 16 heavy (non-hydrogen) atoms. The van der Waals surface area contributed by atoms with Crippen LogP contribution in [0.3, 0.4) is 0 Å². The maximum absolute atomic E-state index is 3.26. The molecule has 0 amide bonds. The van der Waals surface area contributed by atoms with Crippen LogP contribution in [0.4, 0.5) is 17.1 Å². The van der Waals surface area contributed by atoms with E-state index in [0.29, 0.717) is 0 Å². The predicted molar refractivity (Wildman–Crippen MR) is 74.4 cm³/mol. The second-order valence-electron chi connectivity index (χ2n) is 3.63. The van der Waals surface area contributed by atoms with Gasteiger partial charge in [0, 0.05) is 32.4 Å². The molecule has 0 spiro atoms. The minimum Gasteiger partial charge on any atom is -0.388 e. The number of anilines is 3. The molecule has 1 aromatic carbocycles. The highest BCUT2D eigenvalue weighted by atomic mass is 14.9. The molecule has 0 atom stereocenters. The van der Waals surface area contributed by atoms with Crippen LogP contribution in [-0.2, 0) is 0 Å². The molecule has 0 unspecified atom stereocenters. The van der Waals surface area contributed by atoms with Gasteiger partial charge in [-0.2, -0.15) is 0 Å². The Labute approximate surface area is 97.9 Å². The van der Waals surface area contributed by atoms with Crippen LogP contribution in [0.1, 0.15) is 19.4 Å². The van der Waals surface area contributed by atoms with E-state index in [0.717, 1.165) is 17.1 Å². The number of hydrogen-bond donors (Lipinski definition) is 3. The van der Waals surface area contributed by atoms with E-state index in [1.54, 1.807) is 0 Å². The standard InChI is InChI=1S/C13H21N3/c1-6-9(2)12-10(14-3)7-8-11(15-4)13(12)16-5/h6-8,14-16H,1-5H3/b9-6-. The lowest BCUT2D eigenvalue weighted by Gasteiger charge is -2.18. The third-order valence-electron chi connectivity index (χ3n) is 2.82. The normalized spacial score (nSPS) is 11.2. The Hall–Kier alpha value is -1.64. The summed E-state index contributed by atoms with van der Waals surface area (Å²) in [6.07, 6.45) is 2.12. The van der Waals surface area contributed by atoms with E-state index in [-0.39, 0.29) is 0 Å². The first-order chi connectivity index (χ1) is 7.69. The van der Waals surface area contributed by atoms with Crippen molar-refractivity contribution in [3.05, 3.63) is 23.8 Å². The highest BCUT2D eigenvalue weighted by Gasteiger charge is 2.11. The molecule has 0 aliphatic heterocycles. The highest BCUT2D eigenvalue weighted by Crippen LogP contribution is 2.36. The summed E-state index contributed by atoms with van der Waals surface area (Å²) < 4.78 is 0.